The van der Waals surface area contributed by atoms with Crippen molar-refractivity contribution in [3.8, 4) is 11.5 Å². The third-order valence-electron chi connectivity index (χ3n) is 6.47. The van der Waals surface area contributed by atoms with Crippen molar-refractivity contribution in [2.45, 2.75) is 25.0 Å². The van der Waals surface area contributed by atoms with Gasteiger partial charge in [0.15, 0.2) is 11.5 Å². The Morgan fingerprint density at radius 3 is 2.61 bits per heavy atom. The molecule has 3 heterocycles. The van der Waals surface area contributed by atoms with E-state index >= 15 is 0 Å². The molecule has 0 bridgehead atoms. The second-order valence-electron chi connectivity index (χ2n) is 8.85. The highest BCUT2D eigenvalue weighted by Crippen LogP contribution is 2.33. The van der Waals surface area contributed by atoms with Crippen LogP contribution in [0.3, 0.4) is 0 Å². The summed E-state index contributed by atoms with van der Waals surface area (Å²) in [5.74, 6) is -0.0908. The standard InChI is InChI=1S/C25H27FN4O6/c26-17-4-6-18(7-5-17)28-25(33)29-9-10-30(20(14-29)23(31)27-13-19-2-1-11-34-19)24(32)16-3-8-21-22(12-16)36-15-35-21/h3-8,12,19-20H,1-2,9-11,13-15H2,(H,27,31)(H,28,33). The molecular formula is C25H27FN4O6. The number of hydrogen-bond acceptors (Lipinski definition) is 6. The molecule has 0 aromatic heterocycles. The van der Waals surface area contributed by atoms with Gasteiger partial charge in [-0.05, 0) is 55.3 Å². The molecule has 10 nitrogen and oxygen atoms in total. The van der Waals surface area contributed by atoms with Gasteiger partial charge in [0.05, 0.1) is 12.6 Å². The molecule has 2 aromatic carbocycles. The van der Waals surface area contributed by atoms with Crippen LogP contribution in [0.5, 0.6) is 11.5 Å². The molecule has 0 saturated carbocycles. The van der Waals surface area contributed by atoms with Crippen molar-refractivity contribution in [1.82, 2.24) is 15.1 Å². The third kappa shape index (κ3) is 5.20. The van der Waals surface area contributed by atoms with Crippen LogP contribution in [0.2, 0.25) is 0 Å². The molecule has 4 amide bonds. The number of carbonyl (C=O) groups excluding carboxylic acids is 3. The zero-order valence-corrected chi connectivity index (χ0v) is 19.6. The first-order chi connectivity index (χ1) is 17.5. The summed E-state index contributed by atoms with van der Waals surface area (Å²) in [4.78, 5) is 42.5. The number of benzene rings is 2. The lowest BCUT2D eigenvalue weighted by molar-refractivity contribution is -0.127. The Balaban J connectivity index is 1.31. The van der Waals surface area contributed by atoms with Crippen molar-refractivity contribution in [2.24, 2.45) is 0 Å². The maximum atomic E-state index is 13.4. The summed E-state index contributed by atoms with van der Waals surface area (Å²) >= 11 is 0. The van der Waals surface area contributed by atoms with Gasteiger partial charge in [-0.3, -0.25) is 9.59 Å². The average Bonchev–Trinajstić information content (AvgIpc) is 3.59. The number of hydrogen-bond donors (Lipinski definition) is 2. The largest absolute Gasteiger partial charge is 0.454 e. The number of halogens is 1. The lowest BCUT2D eigenvalue weighted by Gasteiger charge is -2.40. The molecule has 11 heteroatoms. The average molecular weight is 499 g/mol. The van der Waals surface area contributed by atoms with E-state index in [-0.39, 0.29) is 44.3 Å². The fourth-order valence-corrected chi connectivity index (χ4v) is 4.50. The number of piperazine rings is 1. The van der Waals surface area contributed by atoms with Crippen molar-refractivity contribution in [3.63, 3.8) is 0 Å². The molecule has 0 aliphatic carbocycles. The summed E-state index contributed by atoms with van der Waals surface area (Å²) in [6.45, 7) is 1.46. The van der Waals surface area contributed by atoms with Crippen LogP contribution in [-0.4, -0.2) is 79.4 Å². The molecule has 2 saturated heterocycles. The van der Waals surface area contributed by atoms with Crippen LogP contribution in [0.1, 0.15) is 23.2 Å². The highest BCUT2D eigenvalue weighted by Gasteiger charge is 2.38. The van der Waals surface area contributed by atoms with Crippen LogP contribution >= 0.6 is 0 Å². The number of fused-ring (bicyclic) bond motifs is 1. The first-order valence-electron chi connectivity index (χ1n) is 11.9. The Hall–Kier alpha value is -3.86. The summed E-state index contributed by atoms with van der Waals surface area (Å²) in [5, 5.41) is 5.60. The van der Waals surface area contributed by atoms with Gasteiger partial charge in [0.2, 0.25) is 12.7 Å². The normalized spacial score (nSPS) is 20.8. The lowest BCUT2D eigenvalue weighted by Crippen LogP contribution is -2.62. The summed E-state index contributed by atoms with van der Waals surface area (Å²) in [7, 11) is 0. The smallest absolute Gasteiger partial charge is 0.321 e. The molecule has 190 valence electrons. The Morgan fingerprint density at radius 2 is 1.83 bits per heavy atom. The Morgan fingerprint density at radius 1 is 1.03 bits per heavy atom. The number of urea groups is 1. The lowest BCUT2D eigenvalue weighted by atomic mass is 10.1. The molecular weight excluding hydrogens is 471 g/mol. The summed E-state index contributed by atoms with van der Waals surface area (Å²) in [6.07, 6.45) is 1.74. The second kappa shape index (κ2) is 10.4. The molecule has 2 atom stereocenters. The quantitative estimate of drug-likeness (QED) is 0.654. The highest BCUT2D eigenvalue weighted by molar-refractivity contribution is 5.99. The van der Waals surface area contributed by atoms with Gasteiger partial charge in [-0.1, -0.05) is 0 Å². The fraction of sp³-hybridized carbons (Fsp3) is 0.400. The Bertz CT molecular complexity index is 1140. The zero-order chi connectivity index (χ0) is 25.1. The first kappa shape index (κ1) is 23.9. The predicted molar refractivity (Wildman–Crippen MR) is 126 cm³/mol. The maximum absolute atomic E-state index is 13.4. The Kier molecular flexibility index (Phi) is 6.90. The molecule has 2 aromatic rings. The predicted octanol–water partition coefficient (Wildman–Crippen LogP) is 2.21. The van der Waals surface area contributed by atoms with Gasteiger partial charge in [0.25, 0.3) is 5.91 Å². The van der Waals surface area contributed by atoms with Crippen molar-refractivity contribution >= 4 is 23.5 Å². The molecule has 2 fully saturated rings. The summed E-state index contributed by atoms with van der Waals surface area (Å²) in [6, 6.07) is 8.96. The van der Waals surface area contributed by atoms with E-state index in [0.29, 0.717) is 35.9 Å². The summed E-state index contributed by atoms with van der Waals surface area (Å²) < 4.78 is 29.5. The van der Waals surface area contributed by atoms with E-state index in [1.165, 1.54) is 34.1 Å². The molecule has 3 aliphatic heterocycles. The molecule has 5 rings (SSSR count). The van der Waals surface area contributed by atoms with E-state index in [1.807, 2.05) is 0 Å². The number of carbonyl (C=O) groups is 3. The molecule has 2 unspecified atom stereocenters. The third-order valence-corrected chi connectivity index (χ3v) is 6.47. The van der Waals surface area contributed by atoms with Crippen LogP contribution in [-0.2, 0) is 9.53 Å². The van der Waals surface area contributed by atoms with E-state index in [9.17, 15) is 18.8 Å². The topological polar surface area (TPSA) is 109 Å². The van der Waals surface area contributed by atoms with Gasteiger partial charge in [-0.25, -0.2) is 9.18 Å². The van der Waals surface area contributed by atoms with E-state index in [0.717, 1.165) is 12.8 Å². The van der Waals surface area contributed by atoms with Crippen molar-refractivity contribution in [3.05, 3.63) is 53.8 Å². The van der Waals surface area contributed by atoms with Crippen molar-refractivity contribution < 1.29 is 33.0 Å². The molecule has 0 spiro atoms. The minimum absolute atomic E-state index is 0.000672. The van der Waals surface area contributed by atoms with Crippen molar-refractivity contribution in [1.29, 1.82) is 0 Å². The monoisotopic (exact) mass is 498 g/mol. The molecule has 3 aliphatic rings. The minimum atomic E-state index is -0.906. The van der Waals surface area contributed by atoms with E-state index in [2.05, 4.69) is 10.6 Å². The van der Waals surface area contributed by atoms with Crippen LogP contribution in [0, 0.1) is 5.82 Å². The number of nitrogens with zero attached hydrogens (tertiary/aromatic N) is 2. The van der Waals surface area contributed by atoms with Crippen LogP contribution in [0.4, 0.5) is 14.9 Å². The number of nitrogens with one attached hydrogen (secondary N) is 2. The van der Waals surface area contributed by atoms with Crippen LogP contribution < -0.4 is 20.1 Å². The highest BCUT2D eigenvalue weighted by atomic mass is 19.1. The number of amides is 4. The summed E-state index contributed by atoms with van der Waals surface area (Å²) in [5.41, 5.74) is 0.792. The Labute approximate surface area is 207 Å². The van der Waals surface area contributed by atoms with Gasteiger partial charge >= 0.3 is 6.03 Å². The molecule has 2 N–H and O–H groups in total. The maximum Gasteiger partial charge on any atom is 0.321 e. The van der Waals surface area contributed by atoms with E-state index < -0.39 is 17.9 Å². The number of rotatable bonds is 5. The van der Waals surface area contributed by atoms with E-state index in [1.54, 1.807) is 18.2 Å². The number of ether oxygens (including phenoxy) is 3. The van der Waals surface area contributed by atoms with Gasteiger partial charge in [-0.15, -0.1) is 0 Å². The van der Waals surface area contributed by atoms with Gasteiger partial charge in [0, 0.05) is 37.5 Å². The SMILES string of the molecule is O=C(NCC1CCCO1)C1CN(C(=O)Nc2ccc(F)cc2)CCN1C(=O)c1ccc2c(c1)OCO2. The zero-order valence-electron chi connectivity index (χ0n) is 19.6. The van der Waals surface area contributed by atoms with Crippen LogP contribution in [0.25, 0.3) is 0 Å². The van der Waals surface area contributed by atoms with E-state index in [4.69, 9.17) is 14.2 Å². The number of anilines is 1. The second-order valence-corrected chi connectivity index (χ2v) is 8.85. The van der Waals surface area contributed by atoms with Gasteiger partial charge < -0.3 is 34.6 Å². The van der Waals surface area contributed by atoms with Crippen LogP contribution in [0.15, 0.2) is 42.5 Å². The molecule has 0 radical (unpaired) electrons. The van der Waals surface area contributed by atoms with Gasteiger partial charge in [0.1, 0.15) is 11.9 Å². The minimum Gasteiger partial charge on any atom is -0.454 e. The first-order valence-corrected chi connectivity index (χ1v) is 11.9. The fourth-order valence-electron chi connectivity index (χ4n) is 4.50. The van der Waals surface area contributed by atoms with Gasteiger partial charge in [-0.2, -0.15) is 0 Å². The van der Waals surface area contributed by atoms with Crippen molar-refractivity contribution in [2.75, 3.05) is 44.9 Å². The molecule has 36 heavy (non-hydrogen) atoms.